The monoisotopic (exact) mass is 419 g/mol. The molecule has 0 aliphatic carbocycles. The van der Waals surface area contributed by atoms with Crippen LogP contribution in [0.15, 0.2) is 46.9 Å². The van der Waals surface area contributed by atoms with Crippen molar-refractivity contribution in [1.82, 2.24) is 5.32 Å². The van der Waals surface area contributed by atoms with Crippen LogP contribution >= 0.6 is 15.9 Å². The minimum absolute atomic E-state index is 0.0266. The van der Waals surface area contributed by atoms with Crippen LogP contribution in [0.1, 0.15) is 31.4 Å². The van der Waals surface area contributed by atoms with E-state index in [1.807, 2.05) is 51.1 Å². The van der Waals surface area contributed by atoms with Crippen molar-refractivity contribution < 1.29 is 14.3 Å². The Morgan fingerprint density at radius 3 is 2.69 bits per heavy atom. The number of rotatable bonds is 9. The molecule has 0 spiro atoms. The maximum absolute atomic E-state index is 11.9. The topological polar surface area (TPSA) is 47.6 Å². The number of nitrogens with one attached hydrogen (secondary N) is 1. The van der Waals surface area contributed by atoms with Gasteiger partial charge >= 0.3 is 0 Å². The van der Waals surface area contributed by atoms with Gasteiger partial charge in [-0.3, -0.25) is 4.79 Å². The van der Waals surface area contributed by atoms with Crippen LogP contribution in [0.3, 0.4) is 0 Å². The third-order valence-electron chi connectivity index (χ3n) is 3.73. The highest BCUT2D eigenvalue weighted by molar-refractivity contribution is 9.10. The number of aryl methyl sites for hydroxylation is 2. The highest BCUT2D eigenvalue weighted by atomic mass is 79.9. The van der Waals surface area contributed by atoms with Gasteiger partial charge in [0.25, 0.3) is 5.91 Å². The number of halogens is 1. The number of benzene rings is 2. The number of ether oxygens (including phenoxy) is 2. The molecule has 0 aromatic heterocycles. The summed E-state index contributed by atoms with van der Waals surface area (Å²) in [5, 5.41) is 2.89. The average Bonchev–Trinajstić information content (AvgIpc) is 2.59. The van der Waals surface area contributed by atoms with Crippen molar-refractivity contribution in [2.75, 3.05) is 13.2 Å². The lowest BCUT2D eigenvalue weighted by atomic mass is 10.1. The van der Waals surface area contributed by atoms with Crippen LogP contribution < -0.4 is 14.8 Å². The first-order valence-corrected chi connectivity index (χ1v) is 9.64. The maximum atomic E-state index is 11.9. The molecule has 0 fully saturated rings. The zero-order chi connectivity index (χ0) is 18.9. The molecule has 26 heavy (non-hydrogen) atoms. The summed E-state index contributed by atoms with van der Waals surface area (Å²) < 4.78 is 12.2. The fourth-order valence-corrected chi connectivity index (χ4v) is 2.72. The van der Waals surface area contributed by atoms with E-state index in [1.165, 1.54) is 5.56 Å². The molecule has 1 N–H and O–H groups in total. The van der Waals surface area contributed by atoms with E-state index in [2.05, 4.69) is 33.4 Å². The molecule has 0 bridgehead atoms. The fourth-order valence-electron chi connectivity index (χ4n) is 2.47. The molecule has 0 unspecified atom stereocenters. The summed E-state index contributed by atoms with van der Waals surface area (Å²) in [5.74, 6) is 1.48. The molecular weight excluding hydrogens is 394 g/mol. The predicted octanol–water partition coefficient (Wildman–Crippen LogP) is 4.67. The maximum Gasteiger partial charge on any atom is 0.257 e. The molecule has 2 aromatic rings. The highest BCUT2D eigenvalue weighted by Gasteiger charge is 2.04. The molecule has 2 rings (SSSR count). The highest BCUT2D eigenvalue weighted by Crippen LogP contribution is 2.21. The van der Waals surface area contributed by atoms with Gasteiger partial charge in [0.05, 0.1) is 6.10 Å². The lowest BCUT2D eigenvalue weighted by Crippen LogP contribution is -2.29. The largest absolute Gasteiger partial charge is 0.491 e. The first kappa shape index (κ1) is 20.3. The number of carbonyl (C=O) groups is 1. The van der Waals surface area contributed by atoms with Crippen LogP contribution in [0.5, 0.6) is 11.5 Å². The Labute approximate surface area is 164 Å². The number of amides is 1. The molecule has 0 saturated heterocycles. The summed E-state index contributed by atoms with van der Waals surface area (Å²) in [6.45, 7) is 6.66. The van der Waals surface area contributed by atoms with Crippen LogP contribution in [-0.4, -0.2) is 25.2 Å². The summed E-state index contributed by atoms with van der Waals surface area (Å²) in [7, 11) is 0. The summed E-state index contributed by atoms with van der Waals surface area (Å²) >= 11 is 3.44. The van der Waals surface area contributed by atoms with Crippen LogP contribution in [0.4, 0.5) is 0 Å². The van der Waals surface area contributed by atoms with E-state index in [4.69, 9.17) is 9.47 Å². The van der Waals surface area contributed by atoms with E-state index in [0.29, 0.717) is 12.3 Å². The molecule has 0 atom stereocenters. The third kappa shape index (κ3) is 7.08. The van der Waals surface area contributed by atoms with Crippen LogP contribution in [0.25, 0.3) is 0 Å². The van der Waals surface area contributed by atoms with Crippen molar-refractivity contribution in [3.8, 4) is 11.5 Å². The Kier molecular flexibility index (Phi) is 7.98. The number of hydrogen-bond donors (Lipinski definition) is 1. The van der Waals surface area contributed by atoms with E-state index in [9.17, 15) is 4.79 Å². The second-order valence-electron chi connectivity index (χ2n) is 6.47. The standard InChI is InChI=1S/C21H26BrNO3/c1-15(2)26-19-8-4-6-17(13-19)7-5-11-23-21(24)14-25-18-9-10-20(22)16(3)12-18/h4,6,8-10,12-13,15H,5,7,11,14H2,1-3H3,(H,23,24). The Morgan fingerprint density at radius 2 is 1.96 bits per heavy atom. The van der Waals surface area contributed by atoms with Gasteiger partial charge in [-0.1, -0.05) is 28.1 Å². The lowest BCUT2D eigenvalue weighted by Gasteiger charge is -2.11. The molecule has 0 aliphatic rings. The summed E-state index contributed by atoms with van der Waals surface area (Å²) in [4.78, 5) is 11.9. The first-order chi connectivity index (χ1) is 12.4. The van der Waals surface area contributed by atoms with Gasteiger partial charge in [0.2, 0.25) is 0 Å². The molecule has 0 saturated carbocycles. The van der Waals surface area contributed by atoms with Crippen molar-refractivity contribution in [1.29, 1.82) is 0 Å². The van der Waals surface area contributed by atoms with E-state index < -0.39 is 0 Å². The molecule has 4 nitrogen and oxygen atoms in total. The lowest BCUT2D eigenvalue weighted by molar-refractivity contribution is -0.123. The molecule has 5 heteroatoms. The van der Waals surface area contributed by atoms with Gasteiger partial charge in [-0.05, 0) is 75.1 Å². The smallest absolute Gasteiger partial charge is 0.257 e. The second kappa shape index (κ2) is 10.2. The van der Waals surface area contributed by atoms with E-state index in [0.717, 1.165) is 28.6 Å². The summed E-state index contributed by atoms with van der Waals surface area (Å²) in [6.07, 6.45) is 1.93. The molecule has 140 valence electrons. The average molecular weight is 420 g/mol. The minimum Gasteiger partial charge on any atom is -0.491 e. The van der Waals surface area contributed by atoms with Gasteiger partial charge < -0.3 is 14.8 Å². The van der Waals surface area contributed by atoms with Gasteiger partial charge in [0, 0.05) is 11.0 Å². The Hall–Kier alpha value is -2.01. The number of carbonyl (C=O) groups excluding carboxylic acids is 1. The Morgan fingerprint density at radius 1 is 1.15 bits per heavy atom. The van der Waals surface area contributed by atoms with Crippen LogP contribution in [-0.2, 0) is 11.2 Å². The second-order valence-corrected chi connectivity index (χ2v) is 7.32. The predicted molar refractivity (Wildman–Crippen MR) is 108 cm³/mol. The first-order valence-electron chi connectivity index (χ1n) is 8.85. The van der Waals surface area contributed by atoms with Gasteiger partial charge in [0.15, 0.2) is 6.61 Å². The zero-order valence-corrected chi connectivity index (χ0v) is 17.1. The summed E-state index contributed by atoms with van der Waals surface area (Å²) in [5.41, 5.74) is 2.28. The Bertz CT molecular complexity index is 731. The molecule has 2 aromatic carbocycles. The van der Waals surface area contributed by atoms with Gasteiger partial charge in [0.1, 0.15) is 11.5 Å². The SMILES string of the molecule is Cc1cc(OCC(=O)NCCCc2cccc(OC(C)C)c2)ccc1Br. The molecular formula is C21H26BrNO3. The van der Waals surface area contributed by atoms with Crippen LogP contribution in [0.2, 0.25) is 0 Å². The molecule has 1 amide bonds. The zero-order valence-electron chi connectivity index (χ0n) is 15.5. The van der Waals surface area contributed by atoms with E-state index >= 15 is 0 Å². The van der Waals surface area contributed by atoms with Gasteiger partial charge in [-0.15, -0.1) is 0 Å². The van der Waals surface area contributed by atoms with Crippen molar-refractivity contribution in [2.45, 2.75) is 39.7 Å². The number of hydrogen-bond acceptors (Lipinski definition) is 3. The van der Waals surface area contributed by atoms with Gasteiger partial charge in [-0.25, -0.2) is 0 Å². The minimum atomic E-state index is -0.109. The van der Waals surface area contributed by atoms with Crippen molar-refractivity contribution >= 4 is 21.8 Å². The fraction of sp³-hybridized carbons (Fsp3) is 0.381. The quantitative estimate of drug-likeness (QED) is 0.600. The van der Waals surface area contributed by atoms with E-state index in [1.54, 1.807) is 0 Å². The normalized spacial score (nSPS) is 10.7. The van der Waals surface area contributed by atoms with Gasteiger partial charge in [-0.2, -0.15) is 0 Å². The summed E-state index contributed by atoms with van der Waals surface area (Å²) in [6, 6.07) is 13.8. The molecule has 0 heterocycles. The van der Waals surface area contributed by atoms with Crippen molar-refractivity contribution in [2.24, 2.45) is 0 Å². The Balaban J connectivity index is 1.67. The molecule has 0 aliphatic heterocycles. The van der Waals surface area contributed by atoms with Crippen molar-refractivity contribution in [3.63, 3.8) is 0 Å². The van der Waals surface area contributed by atoms with E-state index in [-0.39, 0.29) is 18.6 Å². The van der Waals surface area contributed by atoms with Crippen LogP contribution in [0, 0.1) is 6.92 Å². The third-order valence-corrected chi connectivity index (χ3v) is 4.62. The van der Waals surface area contributed by atoms with Crippen molar-refractivity contribution in [3.05, 3.63) is 58.1 Å². The molecule has 0 radical (unpaired) electrons.